The average molecular weight is 666 g/mol. The molecule has 0 aliphatic heterocycles. The topological polar surface area (TPSA) is 65.0 Å². The van der Waals surface area contributed by atoms with E-state index in [2.05, 4.69) is 91.0 Å². The summed E-state index contributed by atoms with van der Waals surface area (Å²) in [7, 11) is 0. The van der Waals surface area contributed by atoms with Gasteiger partial charge in [-0.1, -0.05) is 140 Å². The minimum Gasteiger partial charge on any atom is -0.455 e. The summed E-state index contributed by atoms with van der Waals surface area (Å²) in [5.74, 6) is 1.91. The molecule has 5 heteroatoms. The normalized spacial score (nSPS) is 11.8. The molecule has 0 aliphatic rings. The van der Waals surface area contributed by atoms with Gasteiger partial charge in [0.15, 0.2) is 17.5 Å². The molecule has 0 saturated carbocycles. The molecule has 0 N–H and O–H groups in total. The van der Waals surface area contributed by atoms with Crippen LogP contribution in [0.5, 0.6) is 0 Å². The summed E-state index contributed by atoms with van der Waals surface area (Å²) in [6.45, 7) is 0. The third-order valence-electron chi connectivity index (χ3n) is 10.1. The molecule has 0 bridgehead atoms. The van der Waals surface area contributed by atoms with Gasteiger partial charge in [-0.3, -0.25) is 0 Å². The number of aromatic nitrogens is 3. The Hall–Kier alpha value is -7.11. The molecule has 8 aromatic carbocycles. The minimum absolute atomic E-state index is 0.630. The maximum absolute atomic E-state index is 6.76. The Labute approximate surface area is 297 Å². The fourth-order valence-corrected chi connectivity index (χ4v) is 7.74. The number of benzene rings is 8. The number of fused-ring (bicyclic) bond motifs is 11. The molecule has 11 aromatic rings. The first kappa shape index (κ1) is 28.7. The Kier molecular flexibility index (Phi) is 6.18. The highest BCUT2D eigenvalue weighted by atomic mass is 16.3. The van der Waals surface area contributed by atoms with Crippen LogP contribution in [0.3, 0.4) is 0 Å². The van der Waals surface area contributed by atoms with Crippen molar-refractivity contribution in [3.05, 3.63) is 164 Å². The molecule has 0 radical (unpaired) electrons. The lowest BCUT2D eigenvalue weighted by atomic mass is 9.94. The van der Waals surface area contributed by atoms with Gasteiger partial charge in [-0.15, -0.1) is 0 Å². The summed E-state index contributed by atoms with van der Waals surface area (Å²) in [6, 6.07) is 56.1. The highest BCUT2D eigenvalue weighted by molar-refractivity contribution is 6.33. The van der Waals surface area contributed by atoms with Gasteiger partial charge in [-0.05, 0) is 51.6 Å². The lowest BCUT2D eigenvalue weighted by molar-refractivity contribution is 0.665. The molecule has 52 heavy (non-hydrogen) atoms. The van der Waals surface area contributed by atoms with Gasteiger partial charge in [0.25, 0.3) is 0 Å². The van der Waals surface area contributed by atoms with E-state index in [9.17, 15) is 0 Å². The Morgan fingerprint density at radius 2 is 0.827 bits per heavy atom. The van der Waals surface area contributed by atoms with Gasteiger partial charge in [-0.25, -0.2) is 15.0 Å². The number of hydrogen-bond acceptors (Lipinski definition) is 5. The summed E-state index contributed by atoms with van der Waals surface area (Å²) >= 11 is 0. The van der Waals surface area contributed by atoms with E-state index < -0.39 is 0 Å². The molecule has 242 valence electrons. The number of furan rings is 2. The van der Waals surface area contributed by atoms with Crippen molar-refractivity contribution in [1.29, 1.82) is 0 Å². The standard InChI is InChI=1S/C47H27N3O2/c1-3-13-28(14-4-1)45-48-46(29-15-5-2-6-16-29)50-47(49-45)36-26-25-31(32-17-7-8-18-33(32)36)30-23-24-38-40(27-30)52-43-35-20-10-9-19-34(35)41-37-21-11-12-22-39(37)51-44(41)42(38)43/h1-27H. The zero-order valence-corrected chi connectivity index (χ0v) is 27.7. The fourth-order valence-electron chi connectivity index (χ4n) is 7.74. The minimum atomic E-state index is 0.630. The zero-order valence-electron chi connectivity index (χ0n) is 27.7. The van der Waals surface area contributed by atoms with Crippen LogP contribution in [0.2, 0.25) is 0 Å². The molecular formula is C47H27N3O2. The second-order valence-electron chi connectivity index (χ2n) is 13.1. The van der Waals surface area contributed by atoms with Crippen LogP contribution in [0.25, 0.3) is 111 Å². The molecule has 0 aliphatic carbocycles. The average Bonchev–Trinajstić information content (AvgIpc) is 3.80. The van der Waals surface area contributed by atoms with E-state index in [1.165, 1.54) is 0 Å². The van der Waals surface area contributed by atoms with Crippen molar-refractivity contribution in [2.45, 2.75) is 0 Å². The summed E-state index contributed by atoms with van der Waals surface area (Å²) < 4.78 is 13.3. The highest BCUT2D eigenvalue weighted by Gasteiger charge is 2.22. The van der Waals surface area contributed by atoms with Crippen LogP contribution >= 0.6 is 0 Å². The van der Waals surface area contributed by atoms with Gasteiger partial charge in [-0.2, -0.15) is 0 Å². The highest BCUT2D eigenvalue weighted by Crippen LogP contribution is 2.46. The number of hydrogen-bond donors (Lipinski definition) is 0. The number of nitrogens with zero attached hydrogens (tertiary/aromatic N) is 3. The molecular weight excluding hydrogens is 639 g/mol. The Morgan fingerprint density at radius 1 is 0.308 bits per heavy atom. The lowest BCUT2D eigenvalue weighted by Gasteiger charge is -2.13. The Bertz CT molecular complexity index is 3120. The van der Waals surface area contributed by atoms with Crippen molar-refractivity contribution in [1.82, 2.24) is 15.0 Å². The molecule has 3 aromatic heterocycles. The smallest absolute Gasteiger partial charge is 0.164 e. The van der Waals surface area contributed by atoms with E-state index in [0.29, 0.717) is 17.5 Å². The van der Waals surface area contributed by atoms with Crippen LogP contribution in [0.15, 0.2) is 173 Å². The molecule has 0 atom stereocenters. The number of para-hydroxylation sites is 1. The predicted octanol–water partition coefficient (Wildman–Crippen LogP) is 12.6. The molecule has 11 rings (SSSR count). The summed E-state index contributed by atoms with van der Waals surface area (Å²) in [5, 5.41) is 8.62. The van der Waals surface area contributed by atoms with Crippen molar-refractivity contribution in [3.63, 3.8) is 0 Å². The first-order chi connectivity index (χ1) is 25.8. The third kappa shape index (κ3) is 4.33. The van der Waals surface area contributed by atoms with Crippen molar-refractivity contribution < 1.29 is 8.83 Å². The molecule has 0 unspecified atom stereocenters. The number of rotatable bonds is 4. The van der Waals surface area contributed by atoms with Gasteiger partial charge in [0, 0.05) is 38.2 Å². The van der Waals surface area contributed by atoms with Gasteiger partial charge in [0.05, 0.1) is 5.39 Å². The van der Waals surface area contributed by atoms with Crippen LogP contribution in [0.4, 0.5) is 0 Å². The first-order valence-corrected chi connectivity index (χ1v) is 17.4. The van der Waals surface area contributed by atoms with Crippen molar-refractivity contribution >= 4 is 65.4 Å². The van der Waals surface area contributed by atoms with E-state index in [-0.39, 0.29) is 0 Å². The van der Waals surface area contributed by atoms with Gasteiger partial charge < -0.3 is 8.83 Å². The van der Waals surface area contributed by atoms with Crippen molar-refractivity contribution in [2.24, 2.45) is 0 Å². The zero-order chi connectivity index (χ0) is 34.2. The van der Waals surface area contributed by atoms with Gasteiger partial charge in [0.1, 0.15) is 22.3 Å². The first-order valence-electron chi connectivity index (χ1n) is 17.4. The van der Waals surface area contributed by atoms with E-state index in [1.807, 2.05) is 72.8 Å². The Morgan fingerprint density at radius 3 is 1.54 bits per heavy atom. The third-order valence-corrected chi connectivity index (χ3v) is 10.1. The fraction of sp³-hybridized carbons (Fsp3) is 0. The maximum Gasteiger partial charge on any atom is 0.164 e. The molecule has 0 saturated heterocycles. The molecule has 5 nitrogen and oxygen atoms in total. The van der Waals surface area contributed by atoms with Crippen LogP contribution in [0.1, 0.15) is 0 Å². The summed E-state index contributed by atoms with van der Waals surface area (Å²) in [5.41, 5.74) is 8.37. The van der Waals surface area contributed by atoms with Crippen LogP contribution in [-0.2, 0) is 0 Å². The molecule has 0 spiro atoms. The molecule has 3 heterocycles. The van der Waals surface area contributed by atoms with Crippen molar-refractivity contribution in [3.8, 4) is 45.3 Å². The maximum atomic E-state index is 6.76. The SMILES string of the molecule is c1ccc(-c2nc(-c3ccccc3)nc(-c3ccc(-c4ccc5c(c4)oc4c6ccccc6c6c7ccccc7oc6c54)c4ccccc34)n2)cc1. The van der Waals surface area contributed by atoms with E-state index in [0.717, 1.165) is 93.2 Å². The quantitative estimate of drug-likeness (QED) is 0.187. The Balaban J connectivity index is 1.11. The van der Waals surface area contributed by atoms with Crippen molar-refractivity contribution in [2.75, 3.05) is 0 Å². The summed E-state index contributed by atoms with van der Waals surface area (Å²) in [4.78, 5) is 15.0. The van der Waals surface area contributed by atoms with E-state index in [1.54, 1.807) is 0 Å². The molecule has 0 amide bonds. The second kappa shape index (κ2) is 11.2. The van der Waals surface area contributed by atoms with Gasteiger partial charge >= 0.3 is 0 Å². The summed E-state index contributed by atoms with van der Waals surface area (Å²) in [6.07, 6.45) is 0. The largest absolute Gasteiger partial charge is 0.455 e. The lowest BCUT2D eigenvalue weighted by Crippen LogP contribution is -2.00. The monoisotopic (exact) mass is 665 g/mol. The van der Waals surface area contributed by atoms with E-state index >= 15 is 0 Å². The predicted molar refractivity (Wildman–Crippen MR) is 211 cm³/mol. The second-order valence-corrected chi connectivity index (χ2v) is 13.1. The molecule has 0 fully saturated rings. The van der Waals surface area contributed by atoms with Crippen LogP contribution in [0, 0.1) is 0 Å². The van der Waals surface area contributed by atoms with Crippen LogP contribution in [-0.4, -0.2) is 15.0 Å². The van der Waals surface area contributed by atoms with E-state index in [4.69, 9.17) is 23.8 Å². The van der Waals surface area contributed by atoms with Crippen LogP contribution < -0.4 is 0 Å². The van der Waals surface area contributed by atoms with Gasteiger partial charge in [0.2, 0.25) is 0 Å².